The number of piperidine rings is 1. The number of ether oxygens (including phenoxy) is 2. The third-order valence-corrected chi connectivity index (χ3v) is 4.58. The maximum Gasteiger partial charge on any atom is 0.422 e. The SMILES string of the molecule is Cc1n[nH]c(C)c1C(=O)N1CCC(Oc2cccc(OCC(F)(F)F)c2)CC1. The zero-order chi connectivity index (χ0) is 20.3. The first-order valence-corrected chi connectivity index (χ1v) is 9.00. The second kappa shape index (κ2) is 8.12. The van der Waals surface area contributed by atoms with E-state index in [1.165, 1.54) is 12.1 Å². The fourth-order valence-corrected chi connectivity index (χ4v) is 3.20. The summed E-state index contributed by atoms with van der Waals surface area (Å²) in [6, 6.07) is 6.16. The van der Waals surface area contributed by atoms with Crippen LogP contribution in [-0.2, 0) is 0 Å². The van der Waals surface area contributed by atoms with E-state index < -0.39 is 12.8 Å². The third-order valence-electron chi connectivity index (χ3n) is 4.58. The lowest BCUT2D eigenvalue weighted by Crippen LogP contribution is -2.42. The average Bonchev–Trinajstić information content (AvgIpc) is 2.98. The fraction of sp³-hybridized carbons (Fsp3) is 0.474. The van der Waals surface area contributed by atoms with Crippen molar-refractivity contribution in [2.75, 3.05) is 19.7 Å². The molecule has 0 spiro atoms. The van der Waals surface area contributed by atoms with E-state index in [0.29, 0.717) is 42.9 Å². The molecule has 1 aliphatic heterocycles. The number of carbonyl (C=O) groups excluding carboxylic acids is 1. The van der Waals surface area contributed by atoms with Crippen molar-refractivity contribution in [3.8, 4) is 11.5 Å². The van der Waals surface area contributed by atoms with Crippen LogP contribution in [-0.4, -0.2) is 53.0 Å². The summed E-state index contributed by atoms with van der Waals surface area (Å²) in [6.45, 7) is 3.34. The van der Waals surface area contributed by atoms with Crippen LogP contribution in [0, 0.1) is 13.8 Å². The molecule has 152 valence electrons. The Kier molecular flexibility index (Phi) is 5.81. The molecule has 1 amide bonds. The number of benzene rings is 1. The molecular formula is C19H22F3N3O3. The van der Waals surface area contributed by atoms with Gasteiger partial charge in [-0.05, 0) is 26.0 Å². The first-order valence-electron chi connectivity index (χ1n) is 9.00. The molecule has 3 rings (SSSR count). The van der Waals surface area contributed by atoms with Crippen LogP contribution < -0.4 is 9.47 Å². The number of H-pyrrole nitrogens is 1. The van der Waals surface area contributed by atoms with Gasteiger partial charge in [0.05, 0.1) is 11.3 Å². The average molecular weight is 397 g/mol. The summed E-state index contributed by atoms with van der Waals surface area (Å²) in [5.41, 5.74) is 2.03. The topological polar surface area (TPSA) is 67.5 Å². The predicted molar refractivity (Wildman–Crippen MR) is 95.6 cm³/mol. The number of hydrogen-bond donors (Lipinski definition) is 1. The quantitative estimate of drug-likeness (QED) is 0.836. The Morgan fingerprint density at radius 3 is 2.54 bits per heavy atom. The molecule has 0 unspecified atom stereocenters. The van der Waals surface area contributed by atoms with Gasteiger partial charge in [0.25, 0.3) is 5.91 Å². The van der Waals surface area contributed by atoms with E-state index in [4.69, 9.17) is 9.47 Å². The van der Waals surface area contributed by atoms with Crippen molar-refractivity contribution in [2.45, 2.75) is 39.0 Å². The van der Waals surface area contributed by atoms with Gasteiger partial charge < -0.3 is 14.4 Å². The second-order valence-corrected chi connectivity index (χ2v) is 6.80. The number of aromatic amines is 1. The van der Waals surface area contributed by atoms with Gasteiger partial charge in [0, 0.05) is 37.7 Å². The lowest BCUT2D eigenvalue weighted by atomic mass is 10.1. The van der Waals surface area contributed by atoms with E-state index in [9.17, 15) is 18.0 Å². The zero-order valence-electron chi connectivity index (χ0n) is 15.7. The molecule has 28 heavy (non-hydrogen) atoms. The highest BCUT2D eigenvalue weighted by molar-refractivity contribution is 5.96. The maximum absolute atomic E-state index is 12.7. The molecule has 1 fully saturated rings. The summed E-state index contributed by atoms with van der Waals surface area (Å²) in [5.74, 6) is 0.504. The Bertz CT molecular complexity index is 808. The Hall–Kier alpha value is -2.71. The van der Waals surface area contributed by atoms with Gasteiger partial charge in [-0.2, -0.15) is 18.3 Å². The normalized spacial score (nSPS) is 15.5. The maximum atomic E-state index is 12.7. The number of alkyl halides is 3. The monoisotopic (exact) mass is 397 g/mol. The molecule has 0 aliphatic carbocycles. The largest absolute Gasteiger partial charge is 0.490 e. The number of likely N-dealkylation sites (tertiary alicyclic amines) is 1. The van der Waals surface area contributed by atoms with Crippen LogP contribution in [0.5, 0.6) is 11.5 Å². The molecule has 0 radical (unpaired) electrons. The fourth-order valence-electron chi connectivity index (χ4n) is 3.20. The highest BCUT2D eigenvalue weighted by Crippen LogP contribution is 2.26. The van der Waals surface area contributed by atoms with E-state index >= 15 is 0 Å². The van der Waals surface area contributed by atoms with Crippen molar-refractivity contribution < 1.29 is 27.4 Å². The number of nitrogens with one attached hydrogen (secondary N) is 1. The molecule has 6 nitrogen and oxygen atoms in total. The van der Waals surface area contributed by atoms with Crippen molar-refractivity contribution in [1.82, 2.24) is 15.1 Å². The number of amides is 1. The van der Waals surface area contributed by atoms with Gasteiger partial charge in [-0.1, -0.05) is 6.07 Å². The Labute approximate surface area is 160 Å². The Balaban J connectivity index is 1.54. The van der Waals surface area contributed by atoms with E-state index in [-0.39, 0.29) is 17.8 Å². The number of aromatic nitrogens is 2. The third kappa shape index (κ3) is 4.96. The molecule has 0 bridgehead atoms. The van der Waals surface area contributed by atoms with E-state index in [0.717, 1.165) is 5.69 Å². The van der Waals surface area contributed by atoms with Crippen LogP contribution >= 0.6 is 0 Å². The molecule has 1 saturated heterocycles. The minimum Gasteiger partial charge on any atom is -0.490 e. The number of carbonyl (C=O) groups is 1. The first-order chi connectivity index (χ1) is 13.2. The van der Waals surface area contributed by atoms with E-state index in [1.807, 2.05) is 6.92 Å². The van der Waals surface area contributed by atoms with Crippen LogP contribution in [0.15, 0.2) is 24.3 Å². The van der Waals surface area contributed by atoms with E-state index in [1.54, 1.807) is 24.0 Å². The molecule has 9 heteroatoms. The standard InChI is InChI=1S/C19H22F3N3O3/c1-12-17(13(2)24-23-12)18(26)25-8-6-14(7-9-25)28-16-5-3-4-15(10-16)27-11-19(20,21)22/h3-5,10,14H,6-9,11H2,1-2H3,(H,23,24). The zero-order valence-corrected chi connectivity index (χ0v) is 15.7. The van der Waals surface area contributed by atoms with Gasteiger partial charge in [0.15, 0.2) is 6.61 Å². The van der Waals surface area contributed by atoms with Gasteiger partial charge in [-0.25, -0.2) is 0 Å². The van der Waals surface area contributed by atoms with Gasteiger partial charge in [-0.3, -0.25) is 9.89 Å². The van der Waals surface area contributed by atoms with Crippen molar-refractivity contribution in [1.29, 1.82) is 0 Å². The summed E-state index contributed by atoms with van der Waals surface area (Å²) in [7, 11) is 0. The van der Waals surface area contributed by atoms with Crippen molar-refractivity contribution in [3.63, 3.8) is 0 Å². The summed E-state index contributed by atoms with van der Waals surface area (Å²) < 4.78 is 47.4. The number of halogens is 3. The minimum atomic E-state index is -4.39. The Morgan fingerprint density at radius 2 is 1.93 bits per heavy atom. The van der Waals surface area contributed by atoms with Gasteiger partial charge >= 0.3 is 6.18 Å². The smallest absolute Gasteiger partial charge is 0.422 e. The second-order valence-electron chi connectivity index (χ2n) is 6.80. The molecule has 1 aromatic carbocycles. The molecule has 0 atom stereocenters. The van der Waals surface area contributed by atoms with Crippen LogP contribution in [0.3, 0.4) is 0 Å². The number of rotatable bonds is 5. The number of nitrogens with zero attached hydrogens (tertiary/aromatic N) is 2. The highest BCUT2D eigenvalue weighted by atomic mass is 19.4. The predicted octanol–water partition coefficient (Wildman–Crippen LogP) is 3.65. The van der Waals surface area contributed by atoms with Crippen LogP contribution in [0.1, 0.15) is 34.6 Å². The lowest BCUT2D eigenvalue weighted by molar-refractivity contribution is -0.153. The minimum absolute atomic E-state index is 0.0512. The number of hydrogen-bond acceptors (Lipinski definition) is 4. The van der Waals surface area contributed by atoms with Gasteiger partial charge in [0.2, 0.25) is 0 Å². The van der Waals surface area contributed by atoms with Crippen molar-refractivity contribution >= 4 is 5.91 Å². The first kappa shape index (κ1) is 20.0. The van der Waals surface area contributed by atoms with Crippen molar-refractivity contribution in [2.24, 2.45) is 0 Å². The molecular weight excluding hydrogens is 375 g/mol. The summed E-state index contributed by atoms with van der Waals surface area (Å²) in [6.07, 6.45) is -3.24. The summed E-state index contributed by atoms with van der Waals surface area (Å²) in [5, 5.41) is 6.88. The lowest BCUT2D eigenvalue weighted by Gasteiger charge is -2.32. The van der Waals surface area contributed by atoms with Gasteiger partial charge in [0.1, 0.15) is 17.6 Å². The molecule has 0 saturated carbocycles. The van der Waals surface area contributed by atoms with Crippen LogP contribution in [0.25, 0.3) is 0 Å². The number of aryl methyl sites for hydroxylation is 2. The van der Waals surface area contributed by atoms with E-state index in [2.05, 4.69) is 10.2 Å². The molecule has 1 aliphatic rings. The van der Waals surface area contributed by atoms with Crippen molar-refractivity contribution in [3.05, 3.63) is 41.2 Å². The molecule has 1 N–H and O–H groups in total. The Morgan fingerprint density at radius 1 is 1.25 bits per heavy atom. The van der Waals surface area contributed by atoms with Gasteiger partial charge in [-0.15, -0.1) is 0 Å². The molecule has 2 aromatic rings. The summed E-state index contributed by atoms with van der Waals surface area (Å²) >= 11 is 0. The van der Waals surface area contributed by atoms with Crippen LogP contribution in [0.4, 0.5) is 13.2 Å². The molecule has 1 aromatic heterocycles. The van der Waals surface area contributed by atoms with Crippen LogP contribution in [0.2, 0.25) is 0 Å². The highest BCUT2D eigenvalue weighted by Gasteiger charge is 2.29. The molecule has 2 heterocycles. The summed E-state index contributed by atoms with van der Waals surface area (Å²) in [4.78, 5) is 14.5.